The average Bonchev–Trinajstić information content (AvgIpc) is 2.37. The van der Waals surface area contributed by atoms with Crippen LogP contribution in [0.3, 0.4) is 0 Å². The fraction of sp³-hybridized carbons (Fsp3) is 0.133. The van der Waals surface area contributed by atoms with Crippen molar-refractivity contribution in [3.8, 4) is 5.75 Å². The van der Waals surface area contributed by atoms with Gasteiger partial charge in [-0.1, -0.05) is 36.4 Å². The van der Waals surface area contributed by atoms with Crippen molar-refractivity contribution in [3.63, 3.8) is 0 Å². The highest BCUT2D eigenvalue weighted by atomic mass is 19.4. The van der Waals surface area contributed by atoms with Crippen molar-refractivity contribution in [1.82, 2.24) is 0 Å². The number of benzene rings is 2. The lowest BCUT2D eigenvalue weighted by molar-refractivity contribution is -0.274. The number of hydrogen-bond donors (Lipinski definition) is 2. The minimum atomic E-state index is -4.71. The summed E-state index contributed by atoms with van der Waals surface area (Å²) in [7, 11) is 0. The van der Waals surface area contributed by atoms with Gasteiger partial charge in [-0.2, -0.15) is 0 Å². The molecule has 2 aromatic carbocycles. The Labute approximate surface area is 119 Å². The van der Waals surface area contributed by atoms with Gasteiger partial charge in [-0.25, -0.2) is 0 Å². The van der Waals surface area contributed by atoms with Crippen LogP contribution in [0.1, 0.15) is 16.7 Å². The van der Waals surface area contributed by atoms with E-state index in [1.165, 1.54) is 18.2 Å². The maximum absolute atomic E-state index is 12.2. The second-order valence-corrected chi connectivity index (χ2v) is 4.44. The van der Waals surface area contributed by atoms with Gasteiger partial charge in [0.1, 0.15) is 11.6 Å². The van der Waals surface area contributed by atoms with Gasteiger partial charge in [0.25, 0.3) is 0 Å². The first-order chi connectivity index (χ1) is 9.85. The van der Waals surface area contributed by atoms with Crippen molar-refractivity contribution < 1.29 is 17.9 Å². The van der Waals surface area contributed by atoms with Crippen molar-refractivity contribution in [1.29, 1.82) is 5.41 Å². The second kappa shape index (κ2) is 5.87. The summed E-state index contributed by atoms with van der Waals surface area (Å²) in [4.78, 5) is 0. The Morgan fingerprint density at radius 2 is 1.81 bits per heavy atom. The first kappa shape index (κ1) is 14.9. The van der Waals surface area contributed by atoms with Gasteiger partial charge in [-0.05, 0) is 29.7 Å². The molecule has 0 bridgehead atoms. The lowest BCUT2D eigenvalue weighted by atomic mass is 9.99. The SMILES string of the molecule is N=C(N)c1ccccc1Cc1cccc(OC(F)(F)F)c1. The summed E-state index contributed by atoms with van der Waals surface area (Å²) in [6.07, 6.45) is -4.35. The highest BCUT2D eigenvalue weighted by molar-refractivity contribution is 5.96. The maximum atomic E-state index is 12.2. The maximum Gasteiger partial charge on any atom is 0.573 e. The molecule has 110 valence electrons. The highest BCUT2D eigenvalue weighted by Gasteiger charge is 2.31. The topological polar surface area (TPSA) is 59.1 Å². The zero-order valence-corrected chi connectivity index (χ0v) is 10.9. The van der Waals surface area contributed by atoms with Crippen LogP contribution >= 0.6 is 0 Å². The van der Waals surface area contributed by atoms with Gasteiger partial charge in [-0.15, -0.1) is 13.2 Å². The molecule has 21 heavy (non-hydrogen) atoms. The molecule has 3 N–H and O–H groups in total. The standard InChI is InChI=1S/C15H13F3N2O/c16-15(17,18)21-12-6-3-4-10(9-12)8-11-5-1-2-7-13(11)14(19)20/h1-7,9H,8H2,(H3,19,20). The van der Waals surface area contributed by atoms with E-state index in [9.17, 15) is 13.2 Å². The molecule has 0 saturated heterocycles. The molecule has 0 amide bonds. The van der Waals surface area contributed by atoms with E-state index >= 15 is 0 Å². The minimum absolute atomic E-state index is 0.0757. The van der Waals surface area contributed by atoms with Crippen molar-refractivity contribution in [3.05, 3.63) is 65.2 Å². The van der Waals surface area contributed by atoms with Gasteiger partial charge in [0.2, 0.25) is 0 Å². The fourth-order valence-electron chi connectivity index (χ4n) is 2.01. The Morgan fingerprint density at radius 3 is 2.48 bits per heavy atom. The second-order valence-electron chi connectivity index (χ2n) is 4.44. The number of nitrogen functional groups attached to an aromatic ring is 1. The normalized spacial score (nSPS) is 11.2. The summed E-state index contributed by atoms with van der Waals surface area (Å²) in [5.41, 5.74) is 7.48. The van der Waals surface area contributed by atoms with Gasteiger partial charge in [0.05, 0.1) is 0 Å². The van der Waals surface area contributed by atoms with E-state index in [-0.39, 0.29) is 11.6 Å². The van der Waals surface area contributed by atoms with E-state index in [0.717, 1.165) is 5.56 Å². The smallest absolute Gasteiger partial charge is 0.406 e. The Balaban J connectivity index is 2.25. The molecular weight excluding hydrogens is 281 g/mol. The van der Waals surface area contributed by atoms with E-state index in [1.54, 1.807) is 30.3 Å². The molecule has 3 nitrogen and oxygen atoms in total. The third kappa shape index (κ3) is 4.24. The molecule has 0 spiro atoms. The summed E-state index contributed by atoms with van der Waals surface area (Å²) < 4.78 is 40.5. The van der Waals surface area contributed by atoms with Gasteiger partial charge in [-0.3, -0.25) is 5.41 Å². The van der Waals surface area contributed by atoms with Crippen LogP contribution < -0.4 is 10.5 Å². The van der Waals surface area contributed by atoms with Crippen molar-refractivity contribution in [2.45, 2.75) is 12.8 Å². The zero-order chi connectivity index (χ0) is 15.5. The van der Waals surface area contributed by atoms with Crippen LogP contribution in [0.15, 0.2) is 48.5 Å². The van der Waals surface area contributed by atoms with E-state index in [2.05, 4.69) is 4.74 Å². The number of nitrogens with two attached hydrogens (primary N) is 1. The summed E-state index contributed by atoms with van der Waals surface area (Å²) in [6, 6.07) is 12.8. The minimum Gasteiger partial charge on any atom is -0.406 e. The van der Waals surface area contributed by atoms with Gasteiger partial charge in [0.15, 0.2) is 0 Å². The molecule has 0 aliphatic carbocycles. The zero-order valence-electron chi connectivity index (χ0n) is 10.9. The lowest BCUT2D eigenvalue weighted by Crippen LogP contribution is -2.17. The van der Waals surface area contributed by atoms with Crippen LogP contribution in [-0.4, -0.2) is 12.2 Å². The molecule has 2 rings (SSSR count). The molecular formula is C15H13F3N2O. The summed E-state index contributed by atoms with van der Waals surface area (Å²) >= 11 is 0. The fourth-order valence-corrected chi connectivity index (χ4v) is 2.01. The Morgan fingerprint density at radius 1 is 1.10 bits per heavy atom. The first-order valence-corrected chi connectivity index (χ1v) is 6.12. The van der Waals surface area contributed by atoms with Crippen LogP contribution in [0.5, 0.6) is 5.75 Å². The van der Waals surface area contributed by atoms with Crippen LogP contribution in [0, 0.1) is 5.41 Å². The number of ether oxygens (including phenoxy) is 1. The highest BCUT2D eigenvalue weighted by Crippen LogP contribution is 2.24. The number of halogens is 3. The summed E-state index contributed by atoms with van der Waals surface area (Å²) in [5.74, 6) is -0.339. The molecule has 0 aliphatic heterocycles. The molecule has 0 atom stereocenters. The largest absolute Gasteiger partial charge is 0.573 e. The van der Waals surface area contributed by atoms with E-state index in [4.69, 9.17) is 11.1 Å². The predicted molar refractivity (Wildman–Crippen MR) is 73.4 cm³/mol. The quantitative estimate of drug-likeness (QED) is 0.670. The third-order valence-electron chi connectivity index (χ3n) is 2.83. The summed E-state index contributed by atoms with van der Waals surface area (Å²) in [5, 5.41) is 7.51. The van der Waals surface area contributed by atoms with Crippen LogP contribution in [0.4, 0.5) is 13.2 Å². The molecule has 0 radical (unpaired) electrons. The van der Waals surface area contributed by atoms with Crippen molar-refractivity contribution >= 4 is 5.84 Å². The number of hydrogen-bond acceptors (Lipinski definition) is 2. The monoisotopic (exact) mass is 294 g/mol. The molecule has 0 aromatic heterocycles. The van der Waals surface area contributed by atoms with E-state index < -0.39 is 6.36 Å². The molecule has 0 saturated carbocycles. The number of nitrogens with one attached hydrogen (secondary N) is 1. The van der Waals surface area contributed by atoms with Gasteiger partial charge in [0, 0.05) is 5.56 Å². The lowest BCUT2D eigenvalue weighted by Gasteiger charge is -2.11. The van der Waals surface area contributed by atoms with E-state index in [0.29, 0.717) is 17.5 Å². The summed E-state index contributed by atoms with van der Waals surface area (Å²) in [6.45, 7) is 0. The first-order valence-electron chi connectivity index (χ1n) is 6.12. The average molecular weight is 294 g/mol. The van der Waals surface area contributed by atoms with Crippen LogP contribution in [0.2, 0.25) is 0 Å². The van der Waals surface area contributed by atoms with Crippen molar-refractivity contribution in [2.75, 3.05) is 0 Å². The number of amidine groups is 1. The van der Waals surface area contributed by atoms with Gasteiger partial charge < -0.3 is 10.5 Å². The Kier molecular flexibility index (Phi) is 4.16. The predicted octanol–water partition coefficient (Wildman–Crippen LogP) is 3.46. The third-order valence-corrected chi connectivity index (χ3v) is 2.83. The Hall–Kier alpha value is -2.50. The van der Waals surface area contributed by atoms with E-state index in [1.807, 2.05) is 0 Å². The molecule has 0 heterocycles. The Bertz CT molecular complexity index is 653. The van der Waals surface area contributed by atoms with Crippen LogP contribution in [0.25, 0.3) is 0 Å². The molecule has 0 unspecified atom stereocenters. The molecule has 2 aromatic rings. The molecule has 0 fully saturated rings. The number of rotatable bonds is 4. The molecule has 6 heteroatoms. The molecule has 0 aliphatic rings. The van der Waals surface area contributed by atoms with Gasteiger partial charge >= 0.3 is 6.36 Å². The number of alkyl halides is 3. The van der Waals surface area contributed by atoms with Crippen molar-refractivity contribution in [2.24, 2.45) is 5.73 Å². The van der Waals surface area contributed by atoms with Crippen LogP contribution in [-0.2, 0) is 6.42 Å².